The number of benzene rings is 1. The van der Waals surface area contributed by atoms with Crippen molar-refractivity contribution in [3.63, 3.8) is 0 Å². The van der Waals surface area contributed by atoms with Crippen molar-refractivity contribution >= 4 is 17.3 Å². The number of nitrogens with zero attached hydrogens (tertiary/aromatic N) is 1. The van der Waals surface area contributed by atoms with Gasteiger partial charge in [-0.05, 0) is 24.0 Å². The van der Waals surface area contributed by atoms with E-state index in [1.807, 2.05) is 12.1 Å². The average Bonchev–Trinajstić information content (AvgIpc) is 2.69. The van der Waals surface area contributed by atoms with E-state index in [0.29, 0.717) is 16.7 Å². The van der Waals surface area contributed by atoms with Crippen LogP contribution in [0, 0.1) is 5.41 Å². The molecular formula is C14H20N2O2. The lowest BCUT2D eigenvalue weighted by atomic mass is 9.93. The van der Waals surface area contributed by atoms with Crippen LogP contribution in [0.15, 0.2) is 18.2 Å². The normalized spacial score (nSPS) is 17.8. The summed E-state index contributed by atoms with van der Waals surface area (Å²) in [7, 11) is 1.37. The van der Waals surface area contributed by atoms with Crippen LogP contribution in [0.2, 0.25) is 0 Å². The van der Waals surface area contributed by atoms with Gasteiger partial charge in [-0.15, -0.1) is 0 Å². The van der Waals surface area contributed by atoms with Crippen molar-refractivity contribution in [2.75, 3.05) is 30.8 Å². The Kier molecular flexibility index (Phi) is 3.20. The van der Waals surface area contributed by atoms with Gasteiger partial charge in [-0.25, -0.2) is 4.79 Å². The molecule has 0 saturated carbocycles. The number of nitrogens with two attached hydrogens (primary N) is 1. The van der Waals surface area contributed by atoms with Crippen LogP contribution in [-0.4, -0.2) is 26.2 Å². The molecule has 98 valence electrons. The van der Waals surface area contributed by atoms with Gasteiger partial charge in [0.1, 0.15) is 0 Å². The molecule has 0 unspecified atom stereocenters. The minimum absolute atomic E-state index is 0.299. The van der Waals surface area contributed by atoms with E-state index in [1.165, 1.54) is 7.11 Å². The first-order valence-corrected chi connectivity index (χ1v) is 6.16. The summed E-state index contributed by atoms with van der Waals surface area (Å²) in [6.45, 7) is 6.42. The van der Waals surface area contributed by atoms with E-state index in [2.05, 4.69) is 18.7 Å². The Hall–Kier alpha value is -1.71. The van der Waals surface area contributed by atoms with Gasteiger partial charge in [0.15, 0.2) is 0 Å². The lowest BCUT2D eigenvalue weighted by Crippen LogP contribution is -2.24. The molecule has 1 aliphatic rings. The second-order valence-electron chi connectivity index (χ2n) is 5.57. The summed E-state index contributed by atoms with van der Waals surface area (Å²) >= 11 is 0. The van der Waals surface area contributed by atoms with Gasteiger partial charge in [-0.2, -0.15) is 0 Å². The largest absolute Gasteiger partial charge is 0.465 e. The number of hydrogen-bond acceptors (Lipinski definition) is 4. The summed E-state index contributed by atoms with van der Waals surface area (Å²) in [6, 6.07) is 5.51. The van der Waals surface area contributed by atoms with Crippen LogP contribution < -0.4 is 10.6 Å². The quantitative estimate of drug-likeness (QED) is 0.644. The second kappa shape index (κ2) is 4.52. The SMILES string of the molecule is COC(=O)c1cccc(N2CCC(C)(C)C2)c1N. The van der Waals surface area contributed by atoms with Gasteiger partial charge in [-0.1, -0.05) is 19.9 Å². The van der Waals surface area contributed by atoms with Crippen LogP contribution in [-0.2, 0) is 4.74 Å². The highest BCUT2D eigenvalue weighted by Gasteiger charge is 2.30. The first-order valence-electron chi connectivity index (χ1n) is 6.16. The molecule has 1 aliphatic heterocycles. The maximum atomic E-state index is 11.6. The molecule has 1 saturated heterocycles. The van der Waals surface area contributed by atoms with Crippen molar-refractivity contribution in [1.29, 1.82) is 0 Å². The fourth-order valence-electron chi connectivity index (χ4n) is 2.43. The maximum Gasteiger partial charge on any atom is 0.340 e. The van der Waals surface area contributed by atoms with Crippen LogP contribution in [0.5, 0.6) is 0 Å². The molecule has 0 aromatic heterocycles. The highest BCUT2D eigenvalue weighted by molar-refractivity contribution is 5.98. The molecular weight excluding hydrogens is 228 g/mol. The molecule has 2 N–H and O–H groups in total. The van der Waals surface area contributed by atoms with Gasteiger partial charge >= 0.3 is 5.97 Å². The molecule has 1 aromatic carbocycles. The second-order valence-corrected chi connectivity index (χ2v) is 5.57. The lowest BCUT2D eigenvalue weighted by molar-refractivity contribution is 0.0602. The van der Waals surface area contributed by atoms with Crippen LogP contribution >= 0.6 is 0 Å². The summed E-state index contributed by atoms with van der Waals surface area (Å²) < 4.78 is 4.74. The van der Waals surface area contributed by atoms with E-state index in [-0.39, 0.29) is 5.97 Å². The van der Waals surface area contributed by atoms with Crippen LogP contribution in [0.4, 0.5) is 11.4 Å². The fraction of sp³-hybridized carbons (Fsp3) is 0.500. The Morgan fingerprint density at radius 2 is 2.17 bits per heavy atom. The summed E-state index contributed by atoms with van der Waals surface area (Å²) in [5.74, 6) is -0.382. The van der Waals surface area contributed by atoms with Crippen molar-refractivity contribution in [2.24, 2.45) is 5.41 Å². The zero-order valence-electron chi connectivity index (χ0n) is 11.2. The molecule has 0 aliphatic carbocycles. The molecule has 4 nitrogen and oxygen atoms in total. The zero-order valence-corrected chi connectivity index (χ0v) is 11.2. The molecule has 1 fully saturated rings. The maximum absolute atomic E-state index is 11.6. The third kappa shape index (κ3) is 2.28. The first kappa shape index (κ1) is 12.7. The highest BCUT2D eigenvalue weighted by atomic mass is 16.5. The topological polar surface area (TPSA) is 55.6 Å². The summed E-state index contributed by atoms with van der Waals surface area (Å²) in [5.41, 5.74) is 8.28. The van der Waals surface area contributed by atoms with Crippen molar-refractivity contribution in [1.82, 2.24) is 0 Å². The molecule has 2 rings (SSSR count). The predicted octanol–water partition coefficient (Wildman–Crippen LogP) is 2.29. The number of hydrogen-bond donors (Lipinski definition) is 1. The van der Waals surface area contributed by atoms with E-state index in [0.717, 1.165) is 25.2 Å². The third-order valence-corrected chi connectivity index (χ3v) is 3.51. The highest BCUT2D eigenvalue weighted by Crippen LogP contribution is 2.36. The Morgan fingerprint density at radius 3 is 2.72 bits per heavy atom. The number of nitrogen functional groups attached to an aromatic ring is 1. The lowest BCUT2D eigenvalue weighted by Gasteiger charge is -2.23. The van der Waals surface area contributed by atoms with E-state index >= 15 is 0 Å². The van der Waals surface area contributed by atoms with Crippen molar-refractivity contribution in [2.45, 2.75) is 20.3 Å². The number of anilines is 2. The van der Waals surface area contributed by atoms with Gasteiger partial charge in [0.2, 0.25) is 0 Å². The standard InChI is InChI=1S/C14H20N2O2/c1-14(2)7-8-16(9-14)11-6-4-5-10(12(11)15)13(17)18-3/h4-6H,7-9,15H2,1-3H3. The predicted molar refractivity (Wildman–Crippen MR) is 72.8 cm³/mol. The molecule has 0 bridgehead atoms. The zero-order chi connectivity index (χ0) is 13.3. The number of carbonyl (C=O) groups excluding carboxylic acids is 1. The van der Waals surface area contributed by atoms with Crippen LogP contribution in [0.1, 0.15) is 30.6 Å². The molecule has 0 radical (unpaired) electrons. The molecule has 0 atom stereocenters. The van der Waals surface area contributed by atoms with Gasteiger partial charge < -0.3 is 15.4 Å². The smallest absolute Gasteiger partial charge is 0.340 e. The number of para-hydroxylation sites is 1. The number of rotatable bonds is 2. The van der Waals surface area contributed by atoms with Crippen molar-refractivity contribution in [3.8, 4) is 0 Å². The summed E-state index contributed by atoms with van der Waals surface area (Å²) in [6.07, 6.45) is 1.13. The van der Waals surface area contributed by atoms with Gasteiger partial charge in [0, 0.05) is 13.1 Å². The number of ether oxygens (including phenoxy) is 1. The number of carbonyl (C=O) groups is 1. The molecule has 4 heteroatoms. The minimum Gasteiger partial charge on any atom is -0.465 e. The fourth-order valence-corrected chi connectivity index (χ4v) is 2.43. The van der Waals surface area contributed by atoms with E-state index < -0.39 is 0 Å². The Bertz CT molecular complexity index is 469. The Morgan fingerprint density at radius 1 is 1.44 bits per heavy atom. The molecule has 0 spiro atoms. The van der Waals surface area contributed by atoms with Crippen molar-refractivity contribution < 1.29 is 9.53 Å². The number of esters is 1. The van der Waals surface area contributed by atoms with Crippen LogP contribution in [0.25, 0.3) is 0 Å². The Labute approximate surface area is 108 Å². The molecule has 18 heavy (non-hydrogen) atoms. The first-order chi connectivity index (χ1) is 8.44. The molecule has 0 amide bonds. The van der Waals surface area contributed by atoms with Gasteiger partial charge in [0.25, 0.3) is 0 Å². The summed E-state index contributed by atoms with van der Waals surface area (Å²) in [4.78, 5) is 13.8. The number of methoxy groups -OCH3 is 1. The van der Waals surface area contributed by atoms with E-state index in [4.69, 9.17) is 10.5 Å². The third-order valence-electron chi connectivity index (χ3n) is 3.51. The van der Waals surface area contributed by atoms with E-state index in [9.17, 15) is 4.79 Å². The van der Waals surface area contributed by atoms with Crippen molar-refractivity contribution in [3.05, 3.63) is 23.8 Å². The monoisotopic (exact) mass is 248 g/mol. The molecule has 1 heterocycles. The minimum atomic E-state index is -0.382. The van der Waals surface area contributed by atoms with E-state index in [1.54, 1.807) is 6.07 Å². The average molecular weight is 248 g/mol. The van der Waals surface area contributed by atoms with Gasteiger partial charge in [-0.3, -0.25) is 0 Å². The molecule has 1 aromatic rings. The van der Waals surface area contributed by atoms with Crippen LogP contribution in [0.3, 0.4) is 0 Å². The Balaban J connectivity index is 2.32. The summed E-state index contributed by atoms with van der Waals surface area (Å²) in [5, 5.41) is 0. The van der Waals surface area contributed by atoms with Gasteiger partial charge in [0.05, 0.1) is 24.0 Å².